The summed E-state index contributed by atoms with van der Waals surface area (Å²) >= 11 is 0. The lowest BCUT2D eigenvalue weighted by atomic mass is 10.0. The number of nitrogens with one attached hydrogen (secondary N) is 1. The minimum absolute atomic E-state index is 0.739. The SMILES string of the molecule is CCOCCCNc1nccn1CC(CC)CC. The van der Waals surface area contributed by atoms with Crippen molar-refractivity contribution in [1.82, 2.24) is 9.55 Å². The minimum Gasteiger partial charge on any atom is -0.382 e. The normalized spacial score (nSPS) is 11.1. The fraction of sp³-hybridized carbons (Fsp3) is 0.786. The first-order chi connectivity index (χ1) is 8.81. The predicted octanol–water partition coefficient (Wildman–Crippen LogP) is 3.16. The van der Waals surface area contributed by atoms with Crippen LogP contribution in [0.2, 0.25) is 0 Å². The van der Waals surface area contributed by atoms with Gasteiger partial charge >= 0.3 is 0 Å². The zero-order valence-corrected chi connectivity index (χ0v) is 12.0. The number of aromatic nitrogens is 2. The molecule has 18 heavy (non-hydrogen) atoms. The summed E-state index contributed by atoms with van der Waals surface area (Å²) in [5.41, 5.74) is 0. The molecule has 0 aliphatic carbocycles. The van der Waals surface area contributed by atoms with Crippen LogP contribution in [0.5, 0.6) is 0 Å². The average Bonchev–Trinajstić information content (AvgIpc) is 2.83. The Morgan fingerprint density at radius 2 is 2.11 bits per heavy atom. The van der Waals surface area contributed by atoms with Gasteiger partial charge in [0.1, 0.15) is 0 Å². The summed E-state index contributed by atoms with van der Waals surface area (Å²) < 4.78 is 7.54. The predicted molar refractivity (Wildman–Crippen MR) is 75.9 cm³/mol. The first kappa shape index (κ1) is 15.0. The van der Waals surface area contributed by atoms with Crippen LogP contribution in [0.4, 0.5) is 5.95 Å². The van der Waals surface area contributed by atoms with Gasteiger partial charge in [-0.2, -0.15) is 0 Å². The molecule has 1 rings (SSSR count). The fourth-order valence-electron chi connectivity index (χ4n) is 1.97. The molecule has 1 aromatic heterocycles. The van der Waals surface area contributed by atoms with E-state index in [2.05, 4.69) is 34.9 Å². The van der Waals surface area contributed by atoms with Crippen molar-refractivity contribution in [2.45, 2.75) is 46.6 Å². The van der Waals surface area contributed by atoms with Gasteiger partial charge in [0.05, 0.1) is 0 Å². The van der Waals surface area contributed by atoms with Gasteiger partial charge in [-0.05, 0) is 19.3 Å². The number of nitrogens with zero attached hydrogens (tertiary/aromatic N) is 2. The summed E-state index contributed by atoms with van der Waals surface area (Å²) in [5.74, 6) is 1.72. The number of anilines is 1. The molecule has 4 nitrogen and oxygen atoms in total. The summed E-state index contributed by atoms with van der Waals surface area (Å²) in [6.45, 7) is 10.1. The van der Waals surface area contributed by atoms with E-state index in [0.29, 0.717) is 0 Å². The Bertz CT molecular complexity index is 308. The monoisotopic (exact) mass is 253 g/mol. The summed E-state index contributed by atoms with van der Waals surface area (Å²) in [5, 5.41) is 3.38. The maximum absolute atomic E-state index is 5.32. The van der Waals surface area contributed by atoms with Crippen LogP contribution < -0.4 is 5.32 Å². The van der Waals surface area contributed by atoms with Crippen LogP contribution in [0.25, 0.3) is 0 Å². The molecule has 0 saturated heterocycles. The molecule has 0 amide bonds. The van der Waals surface area contributed by atoms with Crippen LogP contribution in [-0.4, -0.2) is 29.3 Å². The largest absolute Gasteiger partial charge is 0.382 e. The zero-order chi connectivity index (χ0) is 13.2. The van der Waals surface area contributed by atoms with E-state index in [4.69, 9.17) is 4.74 Å². The van der Waals surface area contributed by atoms with E-state index in [1.54, 1.807) is 0 Å². The van der Waals surface area contributed by atoms with Gasteiger partial charge in [0.2, 0.25) is 5.95 Å². The Labute approximate surface area is 111 Å². The highest BCUT2D eigenvalue weighted by atomic mass is 16.5. The average molecular weight is 253 g/mol. The molecule has 1 heterocycles. The topological polar surface area (TPSA) is 39.1 Å². The van der Waals surface area contributed by atoms with Crippen molar-refractivity contribution >= 4 is 5.95 Å². The quantitative estimate of drug-likeness (QED) is 0.651. The van der Waals surface area contributed by atoms with E-state index in [-0.39, 0.29) is 0 Å². The highest BCUT2D eigenvalue weighted by Crippen LogP contribution is 2.14. The molecule has 0 aliphatic heterocycles. The van der Waals surface area contributed by atoms with E-state index in [0.717, 1.165) is 44.6 Å². The Balaban J connectivity index is 2.35. The van der Waals surface area contributed by atoms with Crippen LogP contribution in [0.1, 0.15) is 40.0 Å². The number of hydrogen-bond donors (Lipinski definition) is 1. The van der Waals surface area contributed by atoms with Crippen LogP contribution in [0, 0.1) is 5.92 Å². The highest BCUT2D eigenvalue weighted by Gasteiger charge is 2.07. The van der Waals surface area contributed by atoms with Crippen molar-refractivity contribution in [1.29, 1.82) is 0 Å². The van der Waals surface area contributed by atoms with E-state index in [9.17, 15) is 0 Å². The Kier molecular flexibility index (Phi) is 7.49. The molecule has 0 fully saturated rings. The van der Waals surface area contributed by atoms with Gasteiger partial charge in [-0.15, -0.1) is 0 Å². The lowest BCUT2D eigenvalue weighted by molar-refractivity contribution is 0.147. The standard InChI is InChI=1S/C14H27N3O/c1-4-13(5-2)12-17-10-9-16-14(17)15-8-7-11-18-6-3/h9-10,13H,4-8,11-12H2,1-3H3,(H,15,16). The molecule has 0 saturated carbocycles. The second-order valence-electron chi connectivity index (χ2n) is 4.56. The molecule has 0 aromatic carbocycles. The lowest BCUT2D eigenvalue weighted by Crippen LogP contribution is -2.14. The fourth-order valence-corrected chi connectivity index (χ4v) is 1.97. The number of rotatable bonds is 10. The van der Waals surface area contributed by atoms with E-state index >= 15 is 0 Å². The van der Waals surface area contributed by atoms with Gasteiger partial charge in [0.25, 0.3) is 0 Å². The van der Waals surface area contributed by atoms with Crippen molar-refractivity contribution in [3.05, 3.63) is 12.4 Å². The minimum atomic E-state index is 0.739. The molecule has 0 radical (unpaired) electrons. The van der Waals surface area contributed by atoms with Gasteiger partial charge in [0.15, 0.2) is 0 Å². The molecule has 4 heteroatoms. The third kappa shape index (κ3) is 5.08. The summed E-state index contributed by atoms with van der Waals surface area (Å²) in [7, 11) is 0. The summed E-state index contributed by atoms with van der Waals surface area (Å²) in [6.07, 6.45) is 7.39. The Morgan fingerprint density at radius 3 is 2.78 bits per heavy atom. The van der Waals surface area contributed by atoms with E-state index < -0.39 is 0 Å². The zero-order valence-electron chi connectivity index (χ0n) is 12.0. The molecule has 0 atom stereocenters. The van der Waals surface area contributed by atoms with Crippen molar-refractivity contribution in [3.63, 3.8) is 0 Å². The third-order valence-corrected chi connectivity index (χ3v) is 3.28. The molecule has 0 spiro atoms. The lowest BCUT2D eigenvalue weighted by Gasteiger charge is -2.15. The molecule has 0 bridgehead atoms. The first-order valence-corrected chi connectivity index (χ1v) is 7.14. The second-order valence-corrected chi connectivity index (χ2v) is 4.56. The third-order valence-electron chi connectivity index (χ3n) is 3.28. The van der Waals surface area contributed by atoms with Gasteiger partial charge in [-0.25, -0.2) is 4.98 Å². The van der Waals surface area contributed by atoms with Crippen molar-refractivity contribution in [2.75, 3.05) is 25.1 Å². The Morgan fingerprint density at radius 1 is 1.33 bits per heavy atom. The molecule has 0 unspecified atom stereocenters. The van der Waals surface area contributed by atoms with Gasteiger partial charge < -0.3 is 14.6 Å². The molecule has 104 valence electrons. The summed E-state index contributed by atoms with van der Waals surface area (Å²) in [4.78, 5) is 4.37. The molecule has 1 N–H and O–H groups in total. The maximum atomic E-state index is 5.32. The number of hydrogen-bond acceptors (Lipinski definition) is 3. The van der Waals surface area contributed by atoms with Crippen molar-refractivity contribution in [3.8, 4) is 0 Å². The Hall–Kier alpha value is -1.03. The molecule has 0 aliphatic rings. The van der Waals surface area contributed by atoms with Gasteiger partial charge in [-0.3, -0.25) is 0 Å². The van der Waals surface area contributed by atoms with Crippen LogP contribution in [0.3, 0.4) is 0 Å². The van der Waals surface area contributed by atoms with Crippen LogP contribution >= 0.6 is 0 Å². The first-order valence-electron chi connectivity index (χ1n) is 7.14. The van der Waals surface area contributed by atoms with Gasteiger partial charge in [-0.1, -0.05) is 26.7 Å². The van der Waals surface area contributed by atoms with Gasteiger partial charge in [0, 0.05) is 38.7 Å². The van der Waals surface area contributed by atoms with Crippen molar-refractivity contribution in [2.24, 2.45) is 5.92 Å². The molecule has 1 aromatic rings. The smallest absolute Gasteiger partial charge is 0.202 e. The van der Waals surface area contributed by atoms with Crippen molar-refractivity contribution < 1.29 is 4.74 Å². The number of imidazole rings is 1. The van der Waals surface area contributed by atoms with E-state index in [1.807, 2.05) is 13.1 Å². The summed E-state index contributed by atoms with van der Waals surface area (Å²) in [6, 6.07) is 0. The highest BCUT2D eigenvalue weighted by molar-refractivity contribution is 5.25. The number of ether oxygens (including phenoxy) is 1. The molecular formula is C14H27N3O. The second kappa shape index (κ2) is 8.97. The van der Waals surface area contributed by atoms with Crippen LogP contribution in [-0.2, 0) is 11.3 Å². The molecular weight excluding hydrogens is 226 g/mol. The maximum Gasteiger partial charge on any atom is 0.202 e. The van der Waals surface area contributed by atoms with Crippen LogP contribution in [0.15, 0.2) is 12.4 Å². The van der Waals surface area contributed by atoms with E-state index in [1.165, 1.54) is 12.8 Å².